The van der Waals surface area contributed by atoms with Gasteiger partial charge in [0.2, 0.25) is 0 Å². The van der Waals surface area contributed by atoms with Gasteiger partial charge in [-0.1, -0.05) is 42.6 Å². The predicted octanol–water partition coefficient (Wildman–Crippen LogP) is 4.46. The molecular formula is C23H25ClN2O5. The number of hydrogen-bond donors (Lipinski definition) is 2. The summed E-state index contributed by atoms with van der Waals surface area (Å²) in [4.78, 5) is 11.5. The van der Waals surface area contributed by atoms with Gasteiger partial charge in [0.15, 0.2) is 0 Å². The van der Waals surface area contributed by atoms with Gasteiger partial charge in [0.1, 0.15) is 23.5 Å². The number of halogens is 1. The number of hydrogen-bond acceptors (Lipinski definition) is 5. The summed E-state index contributed by atoms with van der Waals surface area (Å²) in [6.07, 6.45) is 4.48. The van der Waals surface area contributed by atoms with E-state index < -0.39 is 18.2 Å². The number of aromatic nitrogens is 2. The van der Waals surface area contributed by atoms with Gasteiger partial charge in [-0.05, 0) is 36.6 Å². The number of carboxylic acid groups (broad SMARTS) is 1. The molecule has 0 radical (unpaired) electrons. The first-order valence-corrected chi connectivity index (χ1v) is 10.7. The van der Waals surface area contributed by atoms with E-state index in [4.69, 9.17) is 21.1 Å². The predicted molar refractivity (Wildman–Crippen MR) is 117 cm³/mol. The van der Waals surface area contributed by atoms with Crippen molar-refractivity contribution in [2.75, 3.05) is 7.11 Å². The van der Waals surface area contributed by atoms with Crippen molar-refractivity contribution in [3.63, 3.8) is 0 Å². The van der Waals surface area contributed by atoms with Gasteiger partial charge in [0.25, 0.3) is 0 Å². The van der Waals surface area contributed by atoms with Crippen LogP contribution < -0.4 is 4.74 Å². The van der Waals surface area contributed by atoms with Crippen LogP contribution >= 0.6 is 11.6 Å². The Bertz CT molecular complexity index is 1080. The van der Waals surface area contributed by atoms with Crippen molar-refractivity contribution < 1.29 is 24.5 Å². The van der Waals surface area contributed by atoms with Crippen molar-refractivity contribution in [3.8, 4) is 5.75 Å². The average molecular weight is 445 g/mol. The first-order valence-electron chi connectivity index (χ1n) is 10.3. The van der Waals surface area contributed by atoms with Crippen molar-refractivity contribution in [2.24, 2.45) is 0 Å². The lowest BCUT2D eigenvalue weighted by molar-refractivity contribution is -0.0844. The maximum atomic E-state index is 11.5. The molecule has 0 aliphatic heterocycles. The molecule has 1 fully saturated rings. The Labute approximate surface area is 185 Å². The molecule has 1 saturated carbocycles. The Balaban J connectivity index is 1.64. The zero-order valence-corrected chi connectivity index (χ0v) is 18.0. The summed E-state index contributed by atoms with van der Waals surface area (Å²) in [6.45, 7) is 0.274. The summed E-state index contributed by atoms with van der Waals surface area (Å²) in [5.74, 6) is -0.545. The molecule has 4 rings (SSSR count). The highest BCUT2D eigenvalue weighted by Crippen LogP contribution is 2.32. The van der Waals surface area contributed by atoms with Gasteiger partial charge < -0.3 is 19.7 Å². The number of rotatable bonds is 8. The number of aliphatic hydroxyl groups excluding tert-OH is 1. The van der Waals surface area contributed by atoms with Gasteiger partial charge in [-0.2, -0.15) is 5.10 Å². The van der Waals surface area contributed by atoms with Crippen LogP contribution in [0.2, 0.25) is 5.02 Å². The molecule has 2 unspecified atom stereocenters. The van der Waals surface area contributed by atoms with Gasteiger partial charge in [-0.3, -0.25) is 4.68 Å². The normalized spacial score (nSPS) is 16.5. The first-order chi connectivity index (χ1) is 15.0. The quantitative estimate of drug-likeness (QED) is 0.532. The van der Waals surface area contributed by atoms with E-state index in [2.05, 4.69) is 5.10 Å². The van der Waals surface area contributed by atoms with Crippen LogP contribution in [0.4, 0.5) is 0 Å². The van der Waals surface area contributed by atoms with Crippen LogP contribution in [-0.2, 0) is 11.3 Å². The summed E-state index contributed by atoms with van der Waals surface area (Å²) in [6, 6.07) is 10.2. The maximum absolute atomic E-state index is 11.5. The van der Waals surface area contributed by atoms with E-state index in [1.165, 1.54) is 13.2 Å². The highest BCUT2D eigenvalue weighted by molar-refractivity contribution is 6.32. The number of aromatic carboxylic acids is 1. The molecular weight excluding hydrogens is 420 g/mol. The molecule has 164 valence electrons. The number of carbonyl (C=O) groups is 1. The van der Waals surface area contributed by atoms with Crippen molar-refractivity contribution in [1.82, 2.24) is 9.78 Å². The monoisotopic (exact) mass is 444 g/mol. The van der Waals surface area contributed by atoms with Crippen molar-refractivity contribution in [1.29, 1.82) is 0 Å². The number of carboxylic acids is 1. The molecule has 3 aromatic rings. The minimum Gasteiger partial charge on any atom is -0.495 e. The van der Waals surface area contributed by atoms with Crippen LogP contribution in [0.1, 0.15) is 47.7 Å². The number of methoxy groups -OCH3 is 1. The zero-order chi connectivity index (χ0) is 22.0. The molecule has 0 spiro atoms. The molecule has 1 aromatic heterocycles. The average Bonchev–Trinajstić information content (AvgIpc) is 3.42. The van der Waals surface area contributed by atoms with Gasteiger partial charge >= 0.3 is 5.97 Å². The summed E-state index contributed by atoms with van der Waals surface area (Å²) in [7, 11) is 1.53. The topological polar surface area (TPSA) is 93.8 Å². The lowest BCUT2D eigenvalue weighted by atomic mass is 10.0. The number of ether oxygens (including phenoxy) is 2. The SMILES string of the molecule is COc1cc(C(O)C(Cn2cc3cccc(C(=O)O)c3n2)OC2CCCC2)ccc1Cl. The van der Waals surface area contributed by atoms with Gasteiger partial charge in [0.05, 0.1) is 30.3 Å². The van der Waals surface area contributed by atoms with Crippen molar-refractivity contribution in [3.05, 3.63) is 58.7 Å². The zero-order valence-electron chi connectivity index (χ0n) is 17.2. The molecule has 0 bridgehead atoms. The molecule has 8 heteroatoms. The molecule has 1 heterocycles. The Kier molecular flexibility index (Phi) is 6.46. The summed E-state index contributed by atoms with van der Waals surface area (Å²) in [5.41, 5.74) is 1.19. The molecule has 1 aliphatic carbocycles. The Morgan fingerprint density at radius 1 is 1.29 bits per heavy atom. The molecule has 2 N–H and O–H groups in total. The van der Waals surface area contributed by atoms with Crippen LogP contribution in [0, 0.1) is 0 Å². The minimum absolute atomic E-state index is 0.0772. The molecule has 0 saturated heterocycles. The summed E-state index contributed by atoms with van der Waals surface area (Å²) < 4.78 is 13.2. The number of nitrogens with zero attached hydrogens (tertiary/aromatic N) is 2. The van der Waals surface area contributed by atoms with Gasteiger partial charge in [0, 0.05) is 11.6 Å². The second-order valence-electron chi connectivity index (χ2n) is 7.82. The molecule has 7 nitrogen and oxygen atoms in total. The largest absolute Gasteiger partial charge is 0.495 e. The third kappa shape index (κ3) is 4.69. The third-order valence-corrected chi connectivity index (χ3v) is 6.03. The summed E-state index contributed by atoms with van der Waals surface area (Å²) in [5, 5.41) is 26.3. The summed E-state index contributed by atoms with van der Waals surface area (Å²) >= 11 is 6.13. The fourth-order valence-electron chi connectivity index (χ4n) is 4.11. The number of benzene rings is 2. The Morgan fingerprint density at radius 2 is 2.06 bits per heavy atom. The second-order valence-corrected chi connectivity index (χ2v) is 8.23. The van der Waals surface area contributed by atoms with Crippen LogP contribution in [0.3, 0.4) is 0 Å². The fraction of sp³-hybridized carbons (Fsp3) is 0.391. The fourth-order valence-corrected chi connectivity index (χ4v) is 4.30. The van der Waals surface area contributed by atoms with E-state index >= 15 is 0 Å². The highest BCUT2D eigenvalue weighted by atomic mass is 35.5. The van der Waals surface area contributed by atoms with Crippen LogP contribution in [0.25, 0.3) is 10.9 Å². The van der Waals surface area contributed by atoms with Crippen molar-refractivity contribution in [2.45, 2.75) is 50.5 Å². The molecule has 31 heavy (non-hydrogen) atoms. The van der Waals surface area contributed by atoms with Crippen LogP contribution in [-0.4, -0.2) is 45.3 Å². The van der Waals surface area contributed by atoms with E-state index in [0.29, 0.717) is 21.9 Å². The van der Waals surface area contributed by atoms with E-state index in [9.17, 15) is 15.0 Å². The Morgan fingerprint density at radius 3 is 2.77 bits per heavy atom. The number of fused-ring (bicyclic) bond motifs is 1. The van der Waals surface area contributed by atoms with Gasteiger partial charge in [-0.25, -0.2) is 4.79 Å². The van der Waals surface area contributed by atoms with Crippen LogP contribution in [0.15, 0.2) is 42.6 Å². The lowest BCUT2D eigenvalue weighted by Gasteiger charge is -2.27. The molecule has 0 amide bonds. The van der Waals surface area contributed by atoms with E-state index in [1.54, 1.807) is 35.1 Å². The highest BCUT2D eigenvalue weighted by Gasteiger charge is 2.28. The molecule has 2 aromatic carbocycles. The molecule has 2 atom stereocenters. The van der Waals surface area contributed by atoms with E-state index in [0.717, 1.165) is 31.1 Å². The maximum Gasteiger partial charge on any atom is 0.337 e. The van der Waals surface area contributed by atoms with E-state index in [1.807, 2.05) is 6.07 Å². The lowest BCUT2D eigenvalue weighted by Crippen LogP contribution is -2.31. The van der Waals surface area contributed by atoms with Crippen molar-refractivity contribution >= 4 is 28.5 Å². The second kappa shape index (κ2) is 9.26. The standard InChI is InChI=1S/C23H25ClN2O5/c1-30-19-11-14(9-10-18(19)24)22(27)20(31-16-6-2-3-7-16)13-26-12-15-5-4-8-17(23(28)29)21(15)25-26/h4-5,8-12,16,20,22,27H,2-3,6-7,13H2,1H3,(H,28,29). The van der Waals surface area contributed by atoms with E-state index in [-0.39, 0.29) is 18.2 Å². The van der Waals surface area contributed by atoms with Gasteiger partial charge in [-0.15, -0.1) is 0 Å². The smallest absolute Gasteiger partial charge is 0.337 e. The first kappa shape index (κ1) is 21.6. The molecule has 1 aliphatic rings. The van der Waals surface area contributed by atoms with Crippen LogP contribution in [0.5, 0.6) is 5.75 Å². The minimum atomic E-state index is -1.03. The number of aliphatic hydroxyl groups is 1. The third-order valence-electron chi connectivity index (χ3n) is 5.72. The Hall–Kier alpha value is -2.61.